The van der Waals surface area contributed by atoms with Gasteiger partial charge in [-0.1, -0.05) is 18.2 Å². The highest BCUT2D eigenvalue weighted by Crippen LogP contribution is 2.13. The van der Waals surface area contributed by atoms with Crippen molar-refractivity contribution in [2.45, 2.75) is 0 Å². The predicted octanol–water partition coefficient (Wildman–Crippen LogP) is 2.03. The summed E-state index contributed by atoms with van der Waals surface area (Å²) in [6.45, 7) is 0. The van der Waals surface area contributed by atoms with Gasteiger partial charge in [-0.25, -0.2) is 2.90 Å². The van der Waals surface area contributed by atoms with Gasteiger partial charge in [0.1, 0.15) is 6.20 Å². The maximum Gasteiger partial charge on any atom is 0.122 e. The molecule has 1 radical (unpaired) electrons. The van der Waals surface area contributed by atoms with E-state index in [1.54, 1.807) is 2.90 Å². The fourth-order valence-corrected chi connectivity index (χ4v) is 1.41. The molecule has 0 aliphatic heterocycles. The zero-order chi connectivity index (χ0) is 6.97. The Labute approximate surface area is 72.3 Å². The first-order valence-electron chi connectivity index (χ1n) is 2.89. The molecule has 0 aliphatic rings. The van der Waals surface area contributed by atoms with Crippen LogP contribution in [0.25, 0.3) is 10.9 Å². The fraction of sp³-hybridized carbons (Fsp3) is 0. The van der Waals surface area contributed by atoms with Crippen LogP contribution in [0, 0.1) is 6.20 Å². The van der Waals surface area contributed by atoms with Crippen molar-refractivity contribution in [2.24, 2.45) is 0 Å². The van der Waals surface area contributed by atoms with Crippen molar-refractivity contribution >= 4 is 33.8 Å². The largest absolute Gasteiger partial charge is 0.203 e. The molecule has 2 nitrogen and oxygen atoms in total. The van der Waals surface area contributed by atoms with Gasteiger partial charge in [-0.05, 0) is 6.07 Å². The van der Waals surface area contributed by atoms with E-state index in [2.05, 4.69) is 34.2 Å². The molecule has 0 fully saturated rings. The van der Waals surface area contributed by atoms with Crippen molar-refractivity contribution in [1.29, 1.82) is 0 Å². The van der Waals surface area contributed by atoms with Crippen molar-refractivity contribution < 1.29 is 0 Å². The number of benzene rings is 1. The van der Waals surface area contributed by atoms with Crippen LogP contribution in [0.15, 0.2) is 24.3 Å². The second-order valence-corrected chi connectivity index (χ2v) is 2.90. The van der Waals surface area contributed by atoms with Gasteiger partial charge in [0.25, 0.3) is 0 Å². The molecule has 2 rings (SSSR count). The standard InChI is InChI=1S/C7H4IN2/c8-10-7-4-2-1-3-6(7)5-9-10/h1-4H. The third kappa shape index (κ3) is 0.811. The van der Waals surface area contributed by atoms with E-state index < -0.39 is 0 Å². The number of halogens is 1. The van der Waals surface area contributed by atoms with E-state index in [0.717, 1.165) is 10.9 Å². The quantitative estimate of drug-likeness (QED) is 0.647. The second kappa shape index (κ2) is 2.23. The van der Waals surface area contributed by atoms with Crippen LogP contribution in [-0.2, 0) is 0 Å². The molecule has 0 saturated heterocycles. The summed E-state index contributed by atoms with van der Waals surface area (Å²) in [5.74, 6) is 0. The van der Waals surface area contributed by atoms with Crippen LogP contribution in [-0.4, -0.2) is 7.99 Å². The molecule has 0 N–H and O–H groups in total. The summed E-state index contributed by atoms with van der Waals surface area (Å²) < 4.78 is 1.78. The van der Waals surface area contributed by atoms with Gasteiger partial charge >= 0.3 is 0 Å². The molecule has 1 heterocycles. The minimum absolute atomic E-state index is 1.07. The molecular weight excluding hydrogens is 239 g/mol. The van der Waals surface area contributed by atoms with E-state index in [9.17, 15) is 0 Å². The normalized spacial score (nSPS) is 10.5. The minimum Gasteiger partial charge on any atom is -0.203 e. The van der Waals surface area contributed by atoms with E-state index in [0.29, 0.717) is 0 Å². The van der Waals surface area contributed by atoms with Gasteiger partial charge in [-0.15, -0.1) is 0 Å². The Morgan fingerprint density at radius 3 is 3.00 bits per heavy atom. The zero-order valence-electron chi connectivity index (χ0n) is 5.08. The molecule has 10 heavy (non-hydrogen) atoms. The lowest BCUT2D eigenvalue weighted by Gasteiger charge is -1.87. The van der Waals surface area contributed by atoms with Gasteiger partial charge in [-0.3, -0.25) is 0 Å². The summed E-state index contributed by atoms with van der Waals surface area (Å²) in [7, 11) is 0. The summed E-state index contributed by atoms with van der Waals surface area (Å²) in [4.78, 5) is 0. The lowest BCUT2D eigenvalue weighted by molar-refractivity contribution is 1.08. The maximum absolute atomic E-state index is 3.97. The highest BCUT2D eigenvalue weighted by Gasteiger charge is 1.96. The van der Waals surface area contributed by atoms with Crippen LogP contribution in [0.5, 0.6) is 0 Å². The summed E-state index contributed by atoms with van der Waals surface area (Å²) in [5, 5.41) is 5.04. The Morgan fingerprint density at radius 1 is 1.40 bits per heavy atom. The molecular formula is C7H4IN2. The highest BCUT2D eigenvalue weighted by atomic mass is 127. The lowest BCUT2D eigenvalue weighted by atomic mass is 10.3. The Bertz CT molecular complexity index is 353. The van der Waals surface area contributed by atoms with Crippen molar-refractivity contribution in [1.82, 2.24) is 7.99 Å². The highest BCUT2D eigenvalue weighted by molar-refractivity contribution is 14.1. The third-order valence-electron chi connectivity index (χ3n) is 1.36. The van der Waals surface area contributed by atoms with Gasteiger partial charge in [0.15, 0.2) is 0 Å². The molecule has 0 atom stereocenters. The van der Waals surface area contributed by atoms with E-state index in [-0.39, 0.29) is 0 Å². The number of rotatable bonds is 0. The van der Waals surface area contributed by atoms with Crippen LogP contribution in [0.2, 0.25) is 0 Å². The molecule has 0 amide bonds. The first kappa shape index (κ1) is 6.15. The topological polar surface area (TPSA) is 17.8 Å². The maximum atomic E-state index is 3.97. The number of nitrogens with zero attached hydrogens (tertiary/aromatic N) is 2. The van der Waals surface area contributed by atoms with Crippen LogP contribution < -0.4 is 0 Å². The molecule has 49 valence electrons. The summed E-state index contributed by atoms with van der Waals surface area (Å²) in [6.07, 6.45) is 2.89. The van der Waals surface area contributed by atoms with Gasteiger partial charge in [0.05, 0.1) is 28.4 Å². The molecule has 1 aromatic carbocycles. The lowest BCUT2D eigenvalue weighted by Crippen LogP contribution is -1.77. The van der Waals surface area contributed by atoms with Crippen LogP contribution >= 0.6 is 22.9 Å². The average molecular weight is 243 g/mol. The first-order chi connectivity index (χ1) is 4.88. The SMILES string of the molecule is In1n[c]c2ccccc21. The summed E-state index contributed by atoms with van der Waals surface area (Å²) >= 11 is 2.13. The van der Waals surface area contributed by atoms with E-state index in [1.165, 1.54) is 0 Å². The summed E-state index contributed by atoms with van der Waals surface area (Å²) in [5.41, 5.74) is 1.11. The van der Waals surface area contributed by atoms with Crippen LogP contribution in [0.3, 0.4) is 0 Å². The average Bonchev–Trinajstić information content (AvgIpc) is 2.34. The number of fused-ring (bicyclic) bond motifs is 1. The monoisotopic (exact) mass is 243 g/mol. The van der Waals surface area contributed by atoms with Crippen LogP contribution in [0.1, 0.15) is 0 Å². The number of hydrogen-bond donors (Lipinski definition) is 0. The van der Waals surface area contributed by atoms with Gasteiger partial charge in [0, 0.05) is 5.39 Å². The van der Waals surface area contributed by atoms with Gasteiger partial charge in [-0.2, -0.15) is 5.10 Å². The van der Waals surface area contributed by atoms with E-state index in [1.807, 2.05) is 24.3 Å². The minimum atomic E-state index is 1.07. The number of para-hydroxylation sites is 1. The van der Waals surface area contributed by atoms with Crippen molar-refractivity contribution in [3.8, 4) is 0 Å². The van der Waals surface area contributed by atoms with Crippen molar-refractivity contribution in [2.75, 3.05) is 0 Å². The molecule has 2 aromatic rings. The predicted molar refractivity (Wildman–Crippen MR) is 48.0 cm³/mol. The fourth-order valence-electron chi connectivity index (χ4n) is 0.881. The molecule has 0 bridgehead atoms. The van der Waals surface area contributed by atoms with E-state index >= 15 is 0 Å². The van der Waals surface area contributed by atoms with Gasteiger partial charge < -0.3 is 0 Å². The Kier molecular flexibility index (Phi) is 1.37. The first-order valence-corrected chi connectivity index (χ1v) is 3.86. The van der Waals surface area contributed by atoms with Crippen LogP contribution in [0.4, 0.5) is 0 Å². The van der Waals surface area contributed by atoms with Crippen molar-refractivity contribution in [3.63, 3.8) is 0 Å². The Balaban J connectivity index is 2.93. The molecule has 3 heteroatoms. The smallest absolute Gasteiger partial charge is 0.122 e. The molecule has 0 aliphatic carbocycles. The molecule has 1 aromatic heterocycles. The van der Waals surface area contributed by atoms with Crippen molar-refractivity contribution in [3.05, 3.63) is 30.5 Å². The zero-order valence-corrected chi connectivity index (χ0v) is 7.24. The number of hydrogen-bond acceptors (Lipinski definition) is 1. The molecule has 0 saturated carbocycles. The molecule has 0 unspecified atom stereocenters. The Hall–Kier alpha value is -0.580. The summed E-state index contributed by atoms with van der Waals surface area (Å²) in [6, 6.07) is 7.99. The van der Waals surface area contributed by atoms with Gasteiger partial charge in [0.2, 0.25) is 0 Å². The molecule has 0 spiro atoms. The van der Waals surface area contributed by atoms with E-state index in [4.69, 9.17) is 0 Å². The Morgan fingerprint density at radius 2 is 2.20 bits per heavy atom. The number of aromatic nitrogens is 2. The second-order valence-electron chi connectivity index (χ2n) is 1.99. The third-order valence-corrected chi connectivity index (χ3v) is 2.10.